The van der Waals surface area contributed by atoms with Gasteiger partial charge in [-0.25, -0.2) is 0 Å². The lowest BCUT2D eigenvalue weighted by molar-refractivity contribution is 0.0745. The van der Waals surface area contributed by atoms with Gasteiger partial charge in [0.1, 0.15) is 24.7 Å². The Kier molecular flexibility index (Phi) is 7.00. The van der Waals surface area contributed by atoms with Gasteiger partial charge in [0.15, 0.2) is 0 Å². The van der Waals surface area contributed by atoms with Crippen LogP contribution in [0.25, 0.3) is 11.4 Å². The van der Waals surface area contributed by atoms with Crippen LogP contribution in [-0.4, -0.2) is 41.2 Å². The molecule has 7 nitrogen and oxygen atoms in total. The summed E-state index contributed by atoms with van der Waals surface area (Å²) in [6.07, 6.45) is 3.32. The number of hydrogen-bond donors (Lipinski definition) is 0. The van der Waals surface area contributed by atoms with Crippen molar-refractivity contribution >= 4 is 5.91 Å². The van der Waals surface area contributed by atoms with Crippen LogP contribution in [0.1, 0.15) is 16.2 Å². The van der Waals surface area contributed by atoms with E-state index in [9.17, 15) is 4.79 Å². The van der Waals surface area contributed by atoms with Gasteiger partial charge in [0.2, 0.25) is 11.7 Å². The van der Waals surface area contributed by atoms with Crippen LogP contribution in [0.15, 0.2) is 78.4 Å². The smallest absolute Gasteiger partial charge is 0.254 e. The monoisotopic (exact) mass is 405 g/mol. The van der Waals surface area contributed by atoms with Crippen molar-refractivity contribution < 1.29 is 18.8 Å². The van der Waals surface area contributed by atoms with Crippen LogP contribution in [-0.2, 0) is 6.54 Å². The quantitative estimate of drug-likeness (QED) is 0.472. The van der Waals surface area contributed by atoms with Crippen LogP contribution < -0.4 is 9.47 Å². The first kappa shape index (κ1) is 20.9. The van der Waals surface area contributed by atoms with Crippen LogP contribution in [0.4, 0.5) is 0 Å². The number of amides is 1. The second-order valence-corrected chi connectivity index (χ2v) is 6.34. The van der Waals surface area contributed by atoms with E-state index >= 15 is 0 Å². The van der Waals surface area contributed by atoms with E-state index in [1.165, 1.54) is 0 Å². The van der Waals surface area contributed by atoms with Crippen molar-refractivity contribution in [2.45, 2.75) is 6.54 Å². The van der Waals surface area contributed by atoms with Gasteiger partial charge in [-0.15, -0.1) is 6.58 Å². The molecule has 0 saturated carbocycles. The molecular formula is C23H23N3O4. The molecule has 0 N–H and O–H groups in total. The number of carbonyl (C=O) groups excluding carboxylic acids is 1. The minimum Gasteiger partial charge on any atom is -0.497 e. The Hall–Kier alpha value is -3.87. The largest absolute Gasteiger partial charge is 0.497 e. The van der Waals surface area contributed by atoms with Gasteiger partial charge in [0.05, 0.1) is 7.11 Å². The lowest BCUT2D eigenvalue weighted by Gasteiger charge is -2.19. The second kappa shape index (κ2) is 10.1. The third-order valence-corrected chi connectivity index (χ3v) is 4.25. The number of rotatable bonds is 10. The summed E-state index contributed by atoms with van der Waals surface area (Å²) in [7, 11) is 1.61. The summed E-state index contributed by atoms with van der Waals surface area (Å²) in [4.78, 5) is 18.9. The number of nitrogens with zero attached hydrogens (tertiary/aromatic N) is 3. The predicted octanol–water partition coefficient (Wildman–Crippen LogP) is 4.14. The Bertz CT molecular complexity index is 994. The fourth-order valence-corrected chi connectivity index (χ4v) is 2.75. The molecule has 0 spiro atoms. The van der Waals surface area contributed by atoms with Crippen molar-refractivity contribution in [2.75, 3.05) is 20.3 Å². The normalized spacial score (nSPS) is 10.3. The van der Waals surface area contributed by atoms with Gasteiger partial charge >= 0.3 is 0 Å². The van der Waals surface area contributed by atoms with E-state index in [1.54, 1.807) is 48.4 Å². The molecule has 3 rings (SSSR count). The Morgan fingerprint density at radius 1 is 1.07 bits per heavy atom. The van der Waals surface area contributed by atoms with Crippen molar-refractivity contribution in [2.24, 2.45) is 0 Å². The van der Waals surface area contributed by atoms with Crippen molar-refractivity contribution in [1.82, 2.24) is 15.0 Å². The van der Waals surface area contributed by atoms with Gasteiger partial charge in [0, 0.05) is 17.7 Å². The van der Waals surface area contributed by atoms with E-state index in [0.29, 0.717) is 36.2 Å². The molecule has 3 aromatic rings. The highest BCUT2D eigenvalue weighted by molar-refractivity contribution is 5.94. The maximum absolute atomic E-state index is 12.9. The number of ether oxygens (including phenoxy) is 2. The summed E-state index contributed by atoms with van der Waals surface area (Å²) in [5, 5.41) is 4.01. The molecule has 1 amide bonds. The van der Waals surface area contributed by atoms with E-state index < -0.39 is 0 Å². The van der Waals surface area contributed by atoms with Crippen molar-refractivity contribution in [1.29, 1.82) is 0 Å². The molecule has 0 radical (unpaired) electrons. The lowest BCUT2D eigenvalue weighted by Crippen LogP contribution is -2.30. The van der Waals surface area contributed by atoms with Crippen LogP contribution in [0.3, 0.4) is 0 Å². The number of benzene rings is 2. The molecule has 0 unspecified atom stereocenters. The average Bonchev–Trinajstić information content (AvgIpc) is 3.26. The highest BCUT2D eigenvalue weighted by Gasteiger charge is 2.19. The van der Waals surface area contributed by atoms with Crippen LogP contribution >= 0.6 is 0 Å². The first-order valence-corrected chi connectivity index (χ1v) is 9.35. The minimum absolute atomic E-state index is 0.169. The molecule has 154 valence electrons. The molecule has 2 aromatic carbocycles. The third-order valence-electron chi connectivity index (χ3n) is 4.25. The molecule has 0 aliphatic carbocycles. The van der Waals surface area contributed by atoms with Crippen LogP contribution in [0.5, 0.6) is 11.5 Å². The number of carbonyl (C=O) groups is 1. The second-order valence-electron chi connectivity index (χ2n) is 6.34. The summed E-state index contributed by atoms with van der Waals surface area (Å²) in [6.45, 7) is 8.26. The zero-order valence-corrected chi connectivity index (χ0v) is 16.8. The maximum atomic E-state index is 12.9. The summed E-state index contributed by atoms with van der Waals surface area (Å²) >= 11 is 0. The average molecular weight is 405 g/mol. The molecule has 30 heavy (non-hydrogen) atoms. The van der Waals surface area contributed by atoms with Gasteiger partial charge in [-0.2, -0.15) is 4.98 Å². The summed E-state index contributed by atoms with van der Waals surface area (Å²) in [6, 6.07) is 14.3. The fourth-order valence-electron chi connectivity index (χ4n) is 2.75. The molecule has 1 heterocycles. The number of methoxy groups -OCH3 is 1. The molecular weight excluding hydrogens is 382 g/mol. The topological polar surface area (TPSA) is 77.7 Å². The SMILES string of the molecule is C=CCOc1ccc(C(=O)N(CC=C)Cc2nc(-c3ccc(OC)cc3)no2)cc1. The molecule has 0 fully saturated rings. The van der Waals surface area contributed by atoms with E-state index in [1.807, 2.05) is 24.3 Å². The summed E-state index contributed by atoms with van der Waals surface area (Å²) in [5.74, 6) is 2.02. The van der Waals surface area contributed by atoms with Crippen LogP contribution in [0, 0.1) is 0 Å². The van der Waals surface area contributed by atoms with Crippen molar-refractivity contribution in [3.05, 3.63) is 85.3 Å². The van der Waals surface area contributed by atoms with Gasteiger partial charge < -0.3 is 18.9 Å². The number of hydrogen-bond acceptors (Lipinski definition) is 6. The Morgan fingerprint density at radius 2 is 1.77 bits per heavy atom. The molecule has 0 aliphatic heterocycles. The molecule has 0 atom stereocenters. The fraction of sp³-hybridized carbons (Fsp3) is 0.174. The van der Waals surface area contributed by atoms with E-state index in [-0.39, 0.29) is 12.5 Å². The summed E-state index contributed by atoms with van der Waals surface area (Å²) < 4.78 is 16.0. The Balaban J connectivity index is 1.72. The van der Waals surface area contributed by atoms with Crippen molar-refractivity contribution in [3.63, 3.8) is 0 Å². The zero-order valence-electron chi connectivity index (χ0n) is 16.8. The minimum atomic E-state index is -0.172. The van der Waals surface area contributed by atoms with Gasteiger partial charge in [-0.05, 0) is 48.5 Å². The van der Waals surface area contributed by atoms with Gasteiger partial charge in [-0.3, -0.25) is 4.79 Å². The molecule has 1 aromatic heterocycles. The predicted molar refractivity (Wildman–Crippen MR) is 113 cm³/mol. The summed E-state index contributed by atoms with van der Waals surface area (Å²) in [5.41, 5.74) is 1.32. The molecule has 7 heteroatoms. The Morgan fingerprint density at radius 3 is 2.40 bits per heavy atom. The molecule has 0 aliphatic rings. The van der Waals surface area contributed by atoms with E-state index in [4.69, 9.17) is 14.0 Å². The van der Waals surface area contributed by atoms with E-state index in [2.05, 4.69) is 23.3 Å². The first-order chi connectivity index (χ1) is 14.6. The Labute approximate surface area is 175 Å². The number of aromatic nitrogens is 2. The van der Waals surface area contributed by atoms with E-state index in [0.717, 1.165) is 11.3 Å². The molecule has 0 bridgehead atoms. The van der Waals surface area contributed by atoms with Gasteiger partial charge in [0.25, 0.3) is 5.91 Å². The lowest BCUT2D eigenvalue weighted by atomic mass is 10.2. The first-order valence-electron chi connectivity index (χ1n) is 9.35. The third kappa shape index (κ3) is 5.14. The molecule has 0 saturated heterocycles. The maximum Gasteiger partial charge on any atom is 0.254 e. The highest BCUT2D eigenvalue weighted by Crippen LogP contribution is 2.21. The van der Waals surface area contributed by atoms with Gasteiger partial charge in [-0.1, -0.05) is 23.9 Å². The highest BCUT2D eigenvalue weighted by atomic mass is 16.5. The van der Waals surface area contributed by atoms with Crippen LogP contribution in [0.2, 0.25) is 0 Å². The standard InChI is InChI=1S/C23H23N3O4/c1-4-14-26(23(27)18-8-12-20(13-9-18)29-15-5-2)16-21-24-22(25-30-21)17-6-10-19(28-3)11-7-17/h4-13H,1-2,14-16H2,3H3. The van der Waals surface area contributed by atoms with Crippen molar-refractivity contribution in [3.8, 4) is 22.9 Å². The zero-order chi connectivity index (χ0) is 21.3.